The van der Waals surface area contributed by atoms with Gasteiger partial charge in [0.1, 0.15) is 5.78 Å². The van der Waals surface area contributed by atoms with Crippen LogP contribution in [0.2, 0.25) is 0 Å². The van der Waals surface area contributed by atoms with Crippen LogP contribution in [0.3, 0.4) is 0 Å². The van der Waals surface area contributed by atoms with Gasteiger partial charge in [-0.3, -0.25) is 4.79 Å². The molecule has 19 heavy (non-hydrogen) atoms. The minimum atomic E-state index is -1.62. The van der Waals surface area contributed by atoms with Gasteiger partial charge in [-0.15, -0.1) is 0 Å². The minimum absolute atomic E-state index is 0.0614. The first-order chi connectivity index (χ1) is 8.86. The van der Waals surface area contributed by atoms with Gasteiger partial charge in [0, 0.05) is 11.6 Å². The number of nitrogens with two attached hydrogens (primary N) is 1. The van der Waals surface area contributed by atoms with Crippen LogP contribution in [0.5, 0.6) is 0 Å². The number of hydrogen-bond acceptors (Lipinski definition) is 5. The quantitative estimate of drug-likeness (QED) is 0.826. The van der Waals surface area contributed by atoms with Crippen molar-refractivity contribution in [3.8, 4) is 18.2 Å². The van der Waals surface area contributed by atoms with Crippen molar-refractivity contribution in [3.05, 3.63) is 11.3 Å². The van der Waals surface area contributed by atoms with Gasteiger partial charge >= 0.3 is 0 Å². The maximum atomic E-state index is 12.0. The molecule has 1 rings (SSSR count). The lowest BCUT2D eigenvalue weighted by Crippen LogP contribution is -2.40. The van der Waals surface area contributed by atoms with Crippen molar-refractivity contribution in [2.45, 2.75) is 33.6 Å². The van der Waals surface area contributed by atoms with E-state index in [1.807, 2.05) is 25.1 Å². The summed E-state index contributed by atoms with van der Waals surface area (Å²) in [6, 6.07) is 5.72. The maximum Gasteiger partial charge on any atom is 0.184 e. The van der Waals surface area contributed by atoms with Crippen molar-refractivity contribution in [1.82, 2.24) is 0 Å². The third kappa shape index (κ3) is 1.61. The Bertz CT molecular complexity index is 556. The molecule has 0 saturated heterocycles. The first-order valence-electron chi connectivity index (χ1n) is 6.11. The molecule has 0 heterocycles. The molecular weight excluding hydrogens is 240 g/mol. The molecule has 0 bridgehead atoms. The Morgan fingerprint density at radius 3 is 2.21 bits per heavy atom. The van der Waals surface area contributed by atoms with Crippen molar-refractivity contribution in [3.63, 3.8) is 0 Å². The fourth-order valence-corrected chi connectivity index (χ4v) is 2.94. The highest BCUT2D eigenvalue weighted by atomic mass is 16.1. The van der Waals surface area contributed by atoms with Gasteiger partial charge in [0.15, 0.2) is 5.41 Å². The summed E-state index contributed by atoms with van der Waals surface area (Å²) in [7, 11) is 0. The Morgan fingerprint density at radius 2 is 1.89 bits per heavy atom. The Balaban J connectivity index is 3.69. The molecule has 0 aliphatic heterocycles. The van der Waals surface area contributed by atoms with E-state index in [0.717, 1.165) is 0 Å². The number of ketones is 1. The topological polar surface area (TPSA) is 114 Å². The van der Waals surface area contributed by atoms with Crippen molar-refractivity contribution < 1.29 is 4.79 Å². The van der Waals surface area contributed by atoms with Crippen LogP contribution in [0.15, 0.2) is 11.3 Å². The third-order valence-electron chi connectivity index (χ3n) is 4.22. The molecule has 2 N–H and O–H groups in total. The summed E-state index contributed by atoms with van der Waals surface area (Å²) in [5.74, 6) is -0.796. The molecule has 0 saturated carbocycles. The zero-order valence-corrected chi connectivity index (χ0v) is 11.3. The molecule has 5 heteroatoms. The monoisotopic (exact) mass is 256 g/mol. The molecule has 0 aromatic heterocycles. The molecule has 5 nitrogen and oxygen atoms in total. The maximum absolute atomic E-state index is 12.0. The Morgan fingerprint density at radius 1 is 1.37 bits per heavy atom. The number of carbonyl (C=O) groups is 1. The number of hydrogen-bond donors (Lipinski definition) is 1. The summed E-state index contributed by atoms with van der Waals surface area (Å²) >= 11 is 0. The van der Waals surface area contributed by atoms with E-state index in [0.29, 0.717) is 12.8 Å². The van der Waals surface area contributed by atoms with Gasteiger partial charge in [0.2, 0.25) is 0 Å². The summed E-state index contributed by atoms with van der Waals surface area (Å²) in [6.07, 6.45) is 1.19. The fourth-order valence-electron chi connectivity index (χ4n) is 2.94. The van der Waals surface area contributed by atoms with E-state index in [2.05, 4.69) is 0 Å². The Labute approximate surface area is 112 Å². The van der Waals surface area contributed by atoms with Gasteiger partial charge < -0.3 is 5.73 Å². The molecule has 1 aliphatic carbocycles. The van der Waals surface area contributed by atoms with E-state index in [-0.39, 0.29) is 17.1 Å². The van der Waals surface area contributed by atoms with Crippen LogP contribution in [0, 0.1) is 50.7 Å². The molecular formula is C14H16N4O. The lowest BCUT2D eigenvalue weighted by molar-refractivity contribution is -0.126. The van der Waals surface area contributed by atoms with Crippen LogP contribution in [0.1, 0.15) is 33.6 Å². The summed E-state index contributed by atoms with van der Waals surface area (Å²) < 4.78 is 0. The van der Waals surface area contributed by atoms with Gasteiger partial charge in [-0.2, -0.15) is 15.8 Å². The summed E-state index contributed by atoms with van der Waals surface area (Å²) in [4.78, 5) is 12.0. The molecule has 2 atom stereocenters. The molecule has 0 radical (unpaired) electrons. The number of carbonyl (C=O) groups excluding carboxylic acids is 1. The highest BCUT2D eigenvalue weighted by Crippen LogP contribution is 2.57. The minimum Gasteiger partial charge on any atom is -0.400 e. The van der Waals surface area contributed by atoms with Gasteiger partial charge in [0.25, 0.3) is 0 Å². The normalized spacial score (nSPS) is 28.3. The van der Waals surface area contributed by atoms with E-state index >= 15 is 0 Å². The number of rotatable bonds is 3. The first kappa shape index (κ1) is 14.7. The number of allylic oxidation sites excluding steroid dienone is 2. The second kappa shape index (κ2) is 4.75. The zero-order chi connectivity index (χ0) is 14.8. The van der Waals surface area contributed by atoms with E-state index < -0.39 is 16.7 Å². The predicted molar refractivity (Wildman–Crippen MR) is 67.7 cm³/mol. The van der Waals surface area contributed by atoms with Crippen molar-refractivity contribution in [1.29, 1.82) is 15.8 Å². The van der Waals surface area contributed by atoms with E-state index in [4.69, 9.17) is 5.73 Å². The van der Waals surface area contributed by atoms with Crippen LogP contribution in [-0.4, -0.2) is 5.78 Å². The van der Waals surface area contributed by atoms with Crippen LogP contribution in [0.4, 0.5) is 0 Å². The number of nitrogens with zero attached hydrogens (tertiary/aromatic N) is 3. The predicted octanol–water partition coefficient (Wildman–Crippen LogP) is 1.78. The SMILES string of the molecule is CCC[C@H]1C(C#N)(C#N)C(C#N)=C(N)[C@@]1(C)C(C)=O. The Kier molecular flexibility index (Phi) is 3.68. The van der Waals surface area contributed by atoms with E-state index in [1.165, 1.54) is 6.92 Å². The molecule has 0 amide bonds. The van der Waals surface area contributed by atoms with Gasteiger partial charge in [0.05, 0.1) is 29.2 Å². The van der Waals surface area contributed by atoms with E-state index in [1.54, 1.807) is 6.92 Å². The highest BCUT2D eigenvalue weighted by molar-refractivity contribution is 5.88. The van der Waals surface area contributed by atoms with Gasteiger partial charge in [-0.25, -0.2) is 0 Å². The lowest BCUT2D eigenvalue weighted by Gasteiger charge is -2.34. The zero-order valence-electron chi connectivity index (χ0n) is 11.3. The Hall–Kier alpha value is -2.32. The standard InChI is InChI=1S/C14H16N4O/c1-4-5-11-13(3,9(2)19)12(18)10(6-15)14(11,7-16)8-17/h11H,4-5,18H2,1-3H3/t11-,13+/m1/s1. The second-order valence-corrected chi connectivity index (χ2v) is 5.03. The van der Waals surface area contributed by atoms with Crippen molar-refractivity contribution in [2.24, 2.45) is 22.5 Å². The second-order valence-electron chi connectivity index (χ2n) is 5.03. The molecule has 0 aromatic rings. The highest BCUT2D eigenvalue weighted by Gasteiger charge is 2.62. The lowest BCUT2D eigenvalue weighted by atomic mass is 9.64. The van der Waals surface area contributed by atoms with E-state index in [9.17, 15) is 20.6 Å². The van der Waals surface area contributed by atoms with Crippen molar-refractivity contribution in [2.75, 3.05) is 0 Å². The fraction of sp³-hybridized carbons (Fsp3) is 0.571. The van der Waals surface area contributed by atoms with Gasteiger partial charge in [-0.1, -0.05) is 13.3 Å². The summed E-state index contributed by atoms with van der Waals surface area (Å²) in [5, 5.41) is 28.1. The molecule has 1 aliphatic rings. The van der Waals surface area contributed by atoms with Crippen LogP contribution >= 0.6 is 0 Å². The van der Waals surface area contributed by atoms with Gasteiger partial charge in [-0.05, 0) is 20.3 Å². The molecule has 0 unspecified atom stereocenters. The number of Topliss-reactive ketones (excluding diaryl/α,β-unsaturated/α-hetero) is 1. The van der Waals surface area contributed by atoms with Crippen LogP contribution in [0.25, 0.3) is 0 Å². The largest absolute Gasteiger partial charge is 0.400 e. The third-order valence-corrected chi connectivity index (χ3v) is 4.22. The van der Waals surface area contributed by atoms with Crippen LogP contribution in [-0.2, 0) is 4.79 Å². The average molecular weight is 256 g/mol. The average Bonchev–Trinajstić information content (AvgIpc) is 2.58. The molecule has 0 spiro atoms. The molecule has 0 fully saturated rings. The molecule has 0 aromatic carbocycles. The summed E-state index contributed by atoms with van der Waals surface area (Å²) in [6.45, 7) is 4.91. The van der Waals surface area contributed by atoms with Crippen LogP contribution < -0.4 is 5.73 Å². The first-order valence-corrected chi connectivity index (χ1v) is 6.11. The van der Waals surface area contributed by atoms with Crippen molar-refractivity contribution >= 4 is 5.78 Å². The smallest absolute Gasteiger partial charge is 0.184 e. The number of nitriles is 3. The summed E-state index contributed by atoms with van der Waals surface area (Å²) in [5.41, 5.74) is 3.23. The molecule has 98 valence electrons.